The van der Waals surface area contributed by atoms with Gasteiger partial charge in [0.05, 0.1) is 13.1 Å². The maximum absolute atomic E-state index is 11.9. The lowest BCUT2D eigenvalue weighted by Gasteiger charge is -2.29. The molecule has 1 heterocycles. The molecule has 0 saturated carbocycles. The molecular weight excluding hydrogens is 232 g/mol. The molecule has 1 saturated heterocycles. The quantitative estimate of drug-likeness (QED) is 0.631. The first kappa shape index (κ1) is 14.9. The number of nitrogens with zero attached hydrogens (tertiary/aromatic N) is 2. The largest absolute Gasteiger partial charge is 0.355 e. The monoisotopic (exact) mass is 256 g/mol. The van der Waals surface area contributed by atoms with E-state index in [1.165, 1.54) is 0 Å². The van der Waals surface area contributed by atoms with Crippen LogP contribution in [0, 0.1) is 0 Å². The first-order chi connectivity index (χ1) is 8.63. The molecule has 6 nitrogen and oxygen atoms in total. The van der Waals surface area contributed by atoms with Crippen LogP contribution in [0.15, 0.2) is 0 Å². The Morgan fingerprint density at radius 1 is 1.28 bits per heavy atom. The normalized spacial score (nSPS) is 15.8. The van der Waals surface area contributed by atoms with Crippen molar-refractivity contribution >= 4 is 11.8 Å². The van der Waals surface area contributed by atoms with Gasteiger partial charge in [-0.3, -0.25) is 14.5 Å². The second-order valence-corrected chi connectivity index (χ2v) is 4.65. The SMILES string of the molecule is CCCNC(=O)CN(C)CC(=O)N1CCNCC1. The maximum atomic E-state index is 11.9. The Hall–Kier alpha value is -1.14. The molecule has 2 N–H and O–H groups in total. The van der Waals surface area contributed by atoms with Crippen molar-refractivity contribution in [1.82, 2.24) is 20.4 Å². The van der Waals surface area contributed by atoms with E-state index in [2.05, 4.69) is 10.6 Å². The van der Waals surface area contributed by atoms with Crippen LogP contribution in [0.5, 0.6) is 0 Å². The predicted molar refractivity (Wildman–Crippen MR) is 70.2 cm³/mol. The van der Waals surface area contributed by atoms with Gasteiger partial charge in [0.15, 0.2) is 0 Å². The van der Waals surface area contributed by atoms with Gasteiger partial charge in [-0.05, 0) is 13.5 Å². The molecule has 1 aliphatic heterocycles. The minimum atomic E-state index is -0.0209. The van der Waals surface area contributed by atoms with E-state index in [1.807, 2.05) is 11.8 Å². The van der Waals surface area contributed by atoms with Crippen molar-refractivity contribution < 1.29 is 9.59 Å². The van der Waals surface area contributed by atoms with Gasteiger partial charge < -0.3 is 15.5 Å². The molecule has 104 valence electrons. The zero-order valence-electron chi connectivity index (χ0n) is 11.4. The average molecular weight is 256 g/mol. The second-order valence-electron chi connectivity index (χ2n) is 4.65. The first-order valence-electron chi connectivity index (χ1n) is 6.57. The second kappa shape index (κ2) is 8.05. The van der Waals surface area contributed by atoms with E-state index < -0.39 is 0 Å². The van der Waals surface area contributed by atoms with Crippen molar-refractivity contribution in [1.29, 1.82) is 0 Å². The number of nitrogens with one attached hydrogen (secondary N) is 2. The highest BCUT2D eigenvalue weighted by Crippen LogP contribution is 1.95. The summed E-state index contributed by atoms with van der Waals surface area (Å²) in [5, 5.41) is 6.01. The van der Waals surface area contributed by atoms with Crippen LogP contribution >= 0.6 is 0 Å². The summed E-state index contributed by atoms with van der Waals surface area (Å²) in [5.74, 6) is 0.0785. The van der Waals surface area contributed by atoms with Crippen molar-refractivity contribution in [2.75, 3.05) is 52.9 Å². The van der Waals surface area contributed by atoms with Crippen molar-refractivity contribution in [3.63, 3.8) is 0 Å². The Labute approximate surface area is 109 Å². The molecule has 6 heteroatoms. The summed E-state index contributed by atoms with van der Waals surface area (Å²) in [6, 6.07) is 0. The highest BCUT2D eigenvalue weighted by Gasteiger charge is 2.18. The van der Waals surface area contributed by atoms with Gasteiger partial charge in [-0.25, -0.2) is 0 Å². The Morgan fingerprint density at radius 2 is 1.94 bits per heavy atom. The van der Waals surface area contributed by atoms with Gasteiger partial charge >= 0.3 is 0 Å². The molecule has 0 aromatic rings. The van der Waals surface area contributed by atoms with Crippen LogP contribution in [0.4, 0.5) is 0 Å². The Balaban J connectivity index is 2.23. The molecule has 0 unspecified atom stereocenters. The summed E-state index contributed by atoms with van der Waals surface area (Å²) >= 11 is 0. The van der Waals surface area contributed by atoms with Gasteiger partial charge in [0, 0.05) is 32.7 Å². The molecule has 18 heavy (non-hydrogen) atoms. The van der Waals surface area contributed by atoms with Crippen LogP contribution in [-0.2, 0) is 9.59 Å². The molecule has 0 bridgehead atoms. The van der Waals surface area contributed by atoms with Gasteiger partial charge in [0.25, 0.3) is 0 Å². The van der Waals surface area contributed by atoms with E-state index in [4.69, 9.17) is 0 Å². The van der Waals surface area contributed by atoms with Crippen molar-refractivity contribution in [2.24, 2.45) is 0 Å². The number of piperazine rings is 1. The van der Waals surface area contributed by atoms with Gasteiger partial charge in [-0.2, -0.15) is 0 Å². The highest BCUT2D eigenvalue weighted by atomic mass is 16.2. The number of hydrogen-bond acceptors (Lipinski definition) is 4. The van der Waals surface area contributed by atoms with Crippen LogP contribution in [0.25, 0.3) is 0 Å². The summed E-state index contributed by atoms with van der Waals surface area (Å²) in [6.07, 6.45) is 0.926. The van der Waals surface area contributed by atoms with Crippen LogP contribution in [-0.4, -0.2) is 74.5 Å². The number of rotatable bonds is 6. The van der Waals surface area contributed by atoms with Crippen LogP contribution in [0.3, 0.4) is 0 Å². The van der Waals surface area contributed by atoms with E-state index in [-0.39, 0.29) is 18.4 Å². The molecule has 2 amide bonds. The lowest BCUT2D eigenvalue weighted by molar-refractivity contribution is -0.133. The maximum Gasteiger partial charge on any atom is 0.236 e. The topological polar surface area (TPSA) is 64.7 Å². The molecule has 0 aromatic heterocycles. The van der Waals surface area contributed by atoms with Gasteiger partial charge in [-0.1, -0.05) is 6.92 Å². The first-order valence-corrected chi connectivity index (χ1v) is 6.57. The smallest absolute Gasteiger partial charge is 0.236 e. The summed E-state index contributed by atoms with van der Waals surface area (Å²) < 4.78 is 0. The molecular formula is C12H24N4O2. The summed E-state index contributed by atoms with van der Waals surface area (Å²) in [6.45, 7) is 6.51. The third kappa shape index (κ3) is 5.46. The van der Waals surface area contributed by atoms with E-state index >= 15 is 0 Å². The number of amides is 2. The number of hydrogen-bond donors (Lipinski definition) is 2. The van der Waals surface area contributed by atoms with Crippen LogP contribution < -0.4 is 10.6 Å². The van der Waals surface area contributed by atoms with Crippen molar-refractivity contribution in [3.05, 3.63) is 0 Å². The molecule has 0 aliphatic carbocycles. The molecule has 1 fully saturated rings. The Kier molecular flexibility index (Phi) is 6.67. The van der Waals surface area contributed by atoms with E-state index in [0.29, 0.717) is 13.1 Å². The number of carbonyl (C=O) groups is 2. The third-order valence-electron chi connectivity index (χ3n) is 2.86. The molecule has 0 atom stereocenters. The molecule has 0 spiro atoms. The fourth-order valence-corrected chi connectivity index (χ4v) is 1.87. The lowest BCUT2D eigenvalue weighted by Crippen LogP contribution is -2.50. The standard InChI is InChI=1S/C12H24N4O2/c1-3-4-14-11(17)9-15(2)10-12(18)16-7-5-13-6-8-16/h13H,3-10H2,1-2H3,(H,14,17). The number of likely N-dealkylation sites (N-methyl/N-ethyl adjacent to an activating group) is 1. The van der Waals surface area contributed by atoms with E-state index in [9.17, 15) is 9.59 Å². The van der Waals surface area contributed by atoms with Crippen molar-refractivity contribution in [3.8, 4) is 0 Å². The third-order valence-corrected chi connectivity index (χ3v) is 2.86. The number of carbonyl (C=O) groups excluding carboxylic acids is 2. The predicted octanol–water partition coefficient (Wildman–Crippen LogP) is -1.12. The molecule has 1 rings (SSSR count). The fraction of sp³-hybridized carbons (Fsp3) is 0.833. The Morgan fingerprint density at radius 3 is 2.56 bits per heavy atom. The van der Waals surface area contributed by atoms with Crippen LogP contribution in [0.1, 0.15) is 13.3 Å². The zero-order valence-corrected chi connectivity index (χ0v) is 11.4. The Bertz CT molecular complexity index is 277. The minimum Gasteiger partial charge on any atom is -0.355 e. The summed E-state index contributed by atoms with van der Waals surface area (Å²) in [5.41, 5.74) is 0. The van der Waals surface area contributed by atoms with Crippen LogP contribution in [0.2, 0.25) is 0 Å². The highest BCUT2D eigenvalue weighted by molar-refractivity contribution is 5.81. The molecule has 1 aliphatic rings. The minimum absolute atomic E-state index is 0.0209. The summed E-state index contributed by atoms with van der Waals surface area (Å²) in [4.78, 5) is 27.0. The molecule has 0 aromatic carbocycles. The van der Waals surface area contributed by atoms with Gasteiger partial charge in [0.1, 0.15) is 0 Å². The lowest BCUT2D eigenvalue weighted by atomic mass is 10.3. The van der Waals surface area contributed by atoms with Crippen molar-refractivity contribution in [2.45, 2.75) is 13.3 Å². The van der Waals surface area contributed by atoms with Gasteiger partial charge in [-0.15, -0.1) is 0 Å². The average Bonchev–Trinajstić information content (AvgIpc) is 2.37. The summed E-state index contributed by atoms with van der Waals surface area (Å²) in [7, 11) is 1.80. The zero-order chi connectivity index (χ0) is 13.4. The fourth-order valence-electron chi connectivity index (χ4n) is 1.87. The van der Waals surface area contributed by atoms with E-state index in [1.54, 1.807) is 11.9 Å². The molecule has 0 radical (unpaired) electrons. The van der Waals surface area contributed by atoms with E-state index in [0.717, 1.165) is 32.6 Å². The van der Waals surface area contributed by atoms with Gasteiger partial charge in [0.2, 0.25) is 11.8 Å².